The van der Waals surface area contributed by atoms with Crippen LogP contribution in [0.4, 0.5) is 0 Å². The molecule has 99 valence electrons. The molecule has 0 amide bonds. The van der Waals surface area contributed by atoms with E-state index in [2.05, 4.69) is 107 Å². The Labute approximate surface area is 147 Å². The highest BCUT2D eigenvalue weighted by molar-refractivity contribution is 9.11. The van der Waals surface area contributed by atoms with Crippen LogP contribution in [0.25, 0.3) is 0 Å². The van der Waals surface area contributed by atoms with Crippen LogP contribution in [0.15, 0.2) is 54.3 Å². The summed E-state index contributed by atoms with van der Waals surface area (Å²) < 4.78 is 4.43. The highest BCUT2D eigenvalue weighted by Crippen LogP contribution is 2.23. The van der Waals surface area contributed by atoms with Crippen molar-refractivity contribution in [1.29, 1.82) is 0 Å². The fourth-order valence-corrected chi connectivity index (χ4v) is 4.64. The Hall–Kier alpha value is 0.360. The maximum atomic E-state index is 3.51. The van der Waals surface area contributed by atoms with Crippen molar-refractivity contribution >= 4 is 63.7 Å². The van der Waals surface area contributed by atoms with Gasteiger partial charge in [0.2, 0.25) is 0 Å². The third kappa shape index (κ3) is 5.33. The van der Waals surface area contributed by atoms with E-state index in [1.54, 1.807) is 0 Å². The Bertz CT molecular complexity index is 486. The fourth-order valence-electron chi connectivity index (χ4n) is 1.86. The van der Waals surface area contributed by atoms with Gasteiger partial charge in [0.25, 0.3) is 0 Å². The molecule has 0 N–H and O–H groups in total. The summed E-state index contributed by atoms with van der Waals surface area (Å²) >= 11 is 14.1. The molecule has 0 aliphatic rings. The Morgan fingerprint density at radius 3 is 1.21 bits per heavy atom. The molecule has 0 saturated carbocycles. The zero-order valence-electron chi connectivity index (χ0n) is 9.97. The van der Waals surface area contributed by atoms with Crippen LogP contribution in [0.2, 0.25) is 0 Å². The van der Waals surface area contributed by atoms with Gasteiger partial charge < -0.3 is 0 Å². The summed E-state index contributed by atoms with van der Waals surface area (Å²) in [6, 6.07) is 12.7. The van der Waals surface area contributed by atoms with Crippen LogP contribution >= 0.6 is 63.7 Å². The number of benzene rings is 2. The van der Waals surface area contributed by atoms with Gasteiger partial charge in [0.1, 0.15) is 0 Å². The van der Waals surface area contributed by atoms with Gasteiger partial charge >= 0.3 is 0 Å². The molecule has 0 nitrogen and oxygen atoms in total. The Morgan fingerprint density at radius 1 is 0.579 bits per heavy atom. The van der Waals surface area contributed by atoms with Crippen molar-refractivity contribution in [2.75, 3.05) is 0 Å². The first-order chi connectivity index (χ1) is 9.02. The van der Waals surface area contributed by atoms with E-state index in [-0.39, 0.29) is 0 Å². The average molecular weight is 511 g/mol. The third-order valence-electron chi connectivity index (χ3n) is 2.60. The van der Waals surface area contributed by atoms with Crippen molar-refractivity contribution in [1.82, 2.24) is 0 Å². The standard InChI is InChI=1S/C15H11Br4/c16-12-4-10(5-13(17)8-12)2-1-3-11-6-14(18)9-15(19)7-11/h1,4-9H,2-3H2. The lowest BCUT2D eigenvalue weighted by atomic mass is 10.0. The first kappa shape index (κ1) is 15.7. The van der Waals surface area contributed by atoms with E-state index in [1.807, 2.05) is 0 Å². The van der Waals surface area contributed by atoms with Crippen molar-refractivity contribution in [3.63, 3.8) is 0 Å². The molecule has 0 spiro atoms. The van der Waals surface area contributed by atoms with Gasteiger partial charge in [-0.05, 0) is 66.8 Å². The second-order valence-corrected chi connectivity index (χ2v) is 7.92. The van der Waals surface area contributed by atoms with Crippen molar-refractivity contribution in [2.24, 2.45) is 0 Å². The lowest BCUT2D eigenvalue weighted by Gasteiger charge is -2.05. The van der Waals surface area contributed by atoms with Crippen molar-refractivity contribution < 1.29 is 0 Å². The van der Waals surface area contributed by atoms with E-state index in [0.717, 1.165) is 30.7 Å². The number of rotatable bonds is 4. The van der Waals surface area contributed by atoms with E-state index >= 15 is 0 Å². The maximum Gasteiger partial charge on any atom is 0.0189 e. The molecule has 2 aromatic rings. The molecule has 0 aliphatic heterocycles. The van der Waals surface area contributed by atoms with Crippen molar-refractivity contribution in [3.8, 4) is 0 Å². The minimum Gasteiger partial charge on any atom is -0.0508 e. The van der Waals surface area contributed by atoms with Crippen LogP contribution in [0.3, 0.4) is 0 Å². The third-order valence-corrected chi connectivity index (χ3v) is 4.44. The van der Waals surface area contributed by atoms with E-state index in [0.29, 0.717) is 0 Å². The van der Waals surface area contributed by atoms with Gasteiger partial charge in [-0.3, -0.25) is 0 Å². The summed E-state index contributed by atoms with van der Waals surface area (Å²) in [5, 5.41) is 0. The Morgan fingerprint density at radius 2 is 0.895 bits per heavy atom. The van der Waals surface area contributed by atoms with Crippen LogP contribution in [-0.2, 0) is 12.8 Å². The Balaban J connectivity index is 1.96. The van der Waals surface area contributed by atoms with E-state index in [4.69, 9.17) is 0 Å². The van der Waals surface area contributed by atoms with E-state index in [1.165, 1.54) is 11.1 Å². The largest absolute Gasteiger partial charge is 0.0508 e. The van der Waals surface area contributed by atoms with Crippen LogP contribution in [0.5, 0.6) is 0 Å². The first-order valence-electron chi connectivity index (χ1n) is 5.74. The molecule has 0 unspecified atom stereocenters. The summed E-state index contributed by atoms with van der Waals surface area (Å²) in [6.45, 7) is 0. The molecule has 0 bridgehead atoms. The average Bonchev–Trinajstić information content (AvgIpc) is 2.26. The van der Waals surface area contributed by atoms with Crippen LogP contribution in [-0.4, -0.2) is 0 Å². The predicted octanol–water partition coefficient (Wildman–Crippen LogP) is 6.73. The molecule has 0 fully saturated rings. The second kappa shape index (κ2) is 7.39. The second-order valence-electron chi connectivity index (χ2n) is 4.25. The highest BCUT2D eigenvalue weighted by atomic mass is 79.9. The topological polar surface area (TPSA) is 0 Å². The molecular formula is C15H11Br4. The quantitative estimate of drug-likeness (QED) is 0.428. The molecular weight excluding hydrogens is 500 g/mol. The predicted molar refractivity (Wildman–Crippen MR) is 95.4 cm³/mol. The SMILES string of the molecule is Brc1cc(Br)cc(C[CH]Cc2cc(Br)cc(Br)c2)c1. The van der Waals surface area contributed by atoms with Gasteiger partial charge in [0.15, 0.2) is 0 Å². The lowest BCUT2D eigenvalue weighted by Crippen LogP contribution is -1.92. The zero-order chi connectivity index (χ0) is 13.8. The normalized spacial score (nSPS) is 10.7. The minimum atomic E-state index is 0.960. The molecule has 0 heterocycles. The smallest absolute Gasteiger partial charge is 0.0189 e. The zero-order valence-corrected chi connectivity index (χ0v) is 16.3. The van der Waals surface area contributed by atoms with Crippen LogP contribution in [0, 0.1) is 6.42 Å². The first-order valence-corrected chi connectivity index (χ1v) is 8.92. The molecule has 0 atom stereocenters. The van der Waals surface area contributed by atoms with Crippen molar-refractivity contribution in [3.05, 3.63) is 71.8 Å². The van der Waals surface area contributed by atoms with E-state index < -0.39 is 0 Å². The van der Waals surface area contributed by atoms with Gasteiger partial charge in [0, 0.05) is 17.9 Å². The Kier molecular flexibility index (Phi) is 6.12. The summed E-state index contributed by atoms with van der Waals surface area (Å²) in [6.07, 6.45) is 4.22. The van der Waals surface area contributed by atoms with Gasteiger partial charge in [-0.15, -0.1) is 0 Å². The lowest BCUT2D eigenvalue weighted by molar-refractivity contribution is 1.02. The van der Waals surface area contributed by atoms with Gasteiger partial charge in [-0.1, -0.05) is 63.7 Å². The molecule has 19 heavy (non-hydrogen) atoms. The molecule has 4 heteroatoms. The number of hydrogen-bond acceptors (Lipinski definition) is 0. The van der Waals surface area contributed by atoms with Crippen LogP contribution in [0.1, 0.15) is 11.1 Å². The van der Waals surface area contributed by atoms with Gasteiger partial charge in [-0.2, -0.15) is 0 Å². The molecule has 0 aromatic heterocycles. The number of hydrogen-bond donors (Lipinski definition) is 0. The maximum absolute atomic E-state index is 3.51. The highest BCUT2D eigenvalue weighted by Gasteiger charge is 2.01. The summed E-state index contributed by atoms with van der Waals surface area (Å²) in [5.41, 5.74) is 2.60. The molecule has 2 rings (SSSR count). The summed E-state index contributed by atoms with van der Waals surface area (Å²) in [5.74, 6) is 0. The minimum absolute atomic E-state index is 0.960. The van der Waals surface area contributed by atoms with Gasteiger partial charge in [0.05, 0.1) is 0 Å². The van der Waals surface area contributed by atoms with Gasteiger partial charge in [-0.25, -0.2) is 0 Å². The number of halogens is 4. The molecule has 1 radical (unpaired) electrons. The molecule has 0 aliphatic carbocycles. The summed E-state index contributed by atoms with van der Waals surface area (Å²) in [7, 11) is 0. The monoisotopic (exact) mass is 507 g/mol. The summed E-state index contributed by atoms with van der Waals surface area (Å²) in [4.78, 5) is 0. The molecule has 2 aromatic carbocycles. The fraction of sp³-hybridized carbons (Fsp3) is 0.133. The molecule has 0 saturated heterocycles. The van der Waals surface area contributed by atoms with Crippen molar-refractivity contribution in [2.45, 2.75) is 12.8 Å². The van der Waals surface area contributed by atoms with Crippen LogP contribution < -0.4 is 0 Å². The van der Waals surface area contributed by atoms with E-state index in [9.17, 15) is 0 Å².